The van der Waals surface area contributed by atoms with Crippen LogP contribution in [0.3, 0.4) is 0 Å². The van der Waals surface area contributed by atoms with Gasteiger partial charge in [-0.05, 0) is 11.1 Å². The molecule has 9 heteroatoms. The number of hydrogen-bond donors (Lipinski definition) is 3. The van der Waals surface area contributed by atoms with E-state index in [0.29, 0.717) is 16.9 Å². The van der Waals surface area contributed by atoms with E-state index < -0.39 is 41.0 Å². The van der Waals surface area contributed by atoms with Crippen LogP contribution in [0, 0.1) is 0 Å². The second-order valence-electron chi connectivity index (χ2n) is 6.02. The first kappa shape index (κ1) is 18.4. The Hall–Kier alpha value is -2.36. The second-order valence-corrected chi connectivity index (χ2v) is 7.09. The first-order valence-corrected chi connectivity index (χ1v) is 8.83. The molecule has 0 aromatic heterocycles. The number of β-lactam (4-membered cyclic amide) rings is 1. The monoisotopic (exact) mass is 378 g/mol. The van der Waals surface area contributed by atoms with Crippen molar-refractivity contribution in [2.45, 2.75) is 23.2 Å². The molecule has 0 bridgehead atoms. The molecule has 26 heavy (non-hydrogen) atoms. The van der Waals surface area contributed by atoms with E-state index in [2.05, 4.69) is 11.9 Å². The highest BCUT2D eigenvalue weighted by molar-refractivity contribution is 8.00. The molecular weight excluding hydrogens is 360 g/mol. The number of methoxy groups -OCH3 is 1. The van der Waals surface area contributed by atoms with Crippen LogP contribution in [0.4, 0.5) is 0 Å². The lowest BCUT2D eigenvalue weighted by molar-refractivity contribution is -0.203. The Morgan fingerprint density at radius 1 is 1.42 bits per heavy atom. The number of rotatable bonds is 5. The van der Waals surface area contributed by atoms with E-state index in [1.807, 2.05) is 0 Å². The van der Waals surface area contributed by atoms with E-state index in [9.17, 15) is 24.6 Å². The van der Waals surface area contributed by atoms with Gasteiger partial charge in [0.2, 0.25) is 0 Å². The third-order valence-electron chi connectivity index (χ3n) is 4.47. The molecule has 2 saturated heterocycles. The predicted octanol–water partition coefficient (Wildman–Crippen LogP) is 0.103. The number of hydrogen-bond acceptors (Lipinski definition) is 6. The highest BCUT2D eigenvalue weighted by atomic mass is 32.2. The Labute approximate surface area is 153 Å². The van der Waals surface area contributed by atoms with Crippen LogP contribution in [0.25, 0.3) is 0 Å². The van der Waals surface area contributed by atoms with Crippen LogP contribution < -0.4 is 5.32 Å². The number of thioether (sulfide) groups is 1. The fourth-order valence-electron chi connectivity index (χ4n) is 3.13. The average molecular weight is 378 g/mol. The number of aliphatic hydroxyl groups excluding tert-OH is 1. The molecule has 0 spiro atoms. The number of amides is 2. The summed E-state index contributed by atoms with van der Waals surface area (Å²) < 4.78 is 5.30. The molecule has 2 aliphatic rings. The van der Waals surface area contributed by atoms with Crippen molar-refractivity contribution in [2.75, 3.05) is 12.9 Å². The summed E-state index contributed by atoms with van der Waals surface area (Å²) in [4.78, 5) is 37.8. The van der Waals surface area contributed by atoms with E-state index in [1.165, 1.54) is 18.9 Å². The van der Waals surface area contributed by atoms with Crippen LogP contribution in [-0.2, 0) is 19.1 Å². The summed E-state index contributed by atoms with van der Waals surface area (Å²) in [6, 6.07) is 7.10. The van der Waals surface area contributed by atoms with E-state index >= 15 is 0 Å². The summed E-state index contributed by atoms with van der Waals surface area (Å²) in [5.74, 6) is -2.36. The van der Waals surface area contributed by atoms with E-state index in [4.69, 9.17) is 4.74 Å². The van der Waals surface area contributed by atoms with Crippen LogP contribution in [0.2, 0.25) is 0 Å². The van der Waals surface area contributed by atoms with E-state index in [0.717, 1.165) is 4.90 Å². The molecule has 3 unspecified atom stereocenters. The number of ether oxygens (including phenoxy) is 1. The molecule has 0 radical (unpaired) electrons. The van der Waals surface area contributed by atoms with Crippen LogP contribution >= 0.6 is 11.8 Å². The molecule has 2 amide bonds. The molecule has 1 aromatic rings. The third-order valence-corrected chi connectivity index (χ3v) is 5.88. The summed E-state index contributed by atoms with van der Waals surface area (Å²) in [6.07, 6.45) is -1.48. The molecule has 1 aromatic carbocycles. The van der Waals surface area contributed by atoms with Gasteiger partial charge in [0, 0.05) is 12.9 Å². The normalized spacial score (nSPS) is 28.8. The van der Waals surface area contributed by atoms with Gasteiger partial charge in [0.25, 0.3) is 17.5 Å². The topological polar surface area (TPSA) is 116 Å². The molecule has 4 atom stereocenters. The standard InChI is InChI=1S/C17H18N2O6S/c1-9-8-26-16-17(25-2,15(24)19(16)11(9)14(22)23)18-13(21)12(20)10-6-4-3-5-7-10/h3-7,11-12,16,20H,1,8H2,2H3,(H,18,21)(H,22,23)/t11?,12?,16-,17?/m1/s1. The lowest BCUT2D eigenvalue weighted by Crippen LogP contribution is -2.83. The van der Waals surface area contributed by atoms with Crippen molar-refractivity contribution < 1.29 is 29.3 Å². The average Bonchev–Trinajstić information content (AvgIpc) is 2.65. The van der Waals surface area contributed by atoms with Crippen LogP contribution in [0.5, 0.6) is 0 Å². The Morgan fingerprint density at radius 2 is 2.08 bits per heavy atom. The zero-order valence-electron chi connectivity index (χ0n) is 13.9. The number of benzene rings is 1. The quantitative estimate of drug-likeness (QED) is 0.378. The van der Waals surface area contributed by atoms with E-state index in [-0.39, 0.29) is 0 Å². The highest BCUT2D eigenvalue weighted by Gasteiger charge is 2.68. The van der Waals surface area contributed by atoms with Gasteiger partial charge in [-0.3, -0.25) is 9.59 Å². The molecule has 2 heterocycles. The van der Waals surface area contributed by atoms with Gasteiger partial charge in [-0.15, -0.1) is 11.8 Å². The summed E-state index contributed by atoms with van der Waals surface area (Å²) in [5.41, 5.74) is -0.952. The largest absolute Gasteiger partial charge is 0.479 e. The maximum absolute atomic E-state index is 12.7. The minimum absolute atomic E-state index is 0.313. The maximum atomic E-state index is 12.7. The van der Waals surface area contributed by atoms with E-state index in [1.54, 1.807) is 30.3 Å². The Morgan fingerprint density at radius 3 is 2.65 bits per heavy atom. The number of aliphatic carboxylic acids is 1. The molecule has 0 saturated carbocycles. The lowest BCUT2D eigenvalue weighted by Gasteiger charge is -2.58. The summed E-state index contributed by atoms with van der Waals surface area (Å²) in [7, 11) is 1.25. The number of carbonyl (C=O) groups is 3. The van der Waals surface area contributed by atoms with Crippen molar-refractivity contribution in [3.63, 3.8) is 0 Å². The van der Waals surface area contributed by atoms with Crippen LogP contribution in [0.15, 0.2) is 42.5 Å². The fraction of sp³-hybridized carbons (Fsp3) is 0.353. The molecule has 3 N–H and O–H groups in total. The number of carbonyl (C=O) groups excluding carboxylic acids is 2. The number of nitrogens with one attached hydrogen (secondary N) is 1. The van der Waals surface area contributed by atoms with Gasteiger partial charge in [0.05, 0.1) is 0 Å². The van der Waals surface area contributed by atoms with Gasteiger partial charge in [-0.2, -0.15) is 0 Å². The summed E-state index contributed by atoms with van der Waals surface area (Å²) in [6.45, 7) is 3.71. The van der Waals surface area contributed by atoms with Crippen molar-refractivity contribution in [1.29, 1.82) is 0 Å². The maximum Gasteiger partial charge on any atom is 0.330 e. The highest BCUT2D eigenvalue weighted by Crippen LogP contribution is 2.46. The Bertz CT molecular complexity index is 770. The Balaban J connectivity index is 1.82. The summed E-state index contributed by atoms with van der Waals surface area (Å²) in [5, 5.41) is 21.3. The number of carboxylic acids is 1. The zero-order chi connectivity index (χ0) is 19.1. The minimum atomic E-state index is -1.72. The van der Waals surface area contributed by atoms with Gasteiger partial charge >= 0.3 is 5.97 Å². The van der Waals surface area contributed by atoms with Crippen LogP contribution in [-0.4, -0.2) is 62.9 Å². The minimum Gasteiger partial charge on any atom is -0.479 e. The number of fused-ring (bicyclic) bond motifs is 1. The first-order chi connectivity index (χ1) is 12.3. The van der Waals surface area contributed by atoms with Gasteiger partial charge in [-0.25, -0.2) is 4.79 Å². The SMILES string of the molecule is C=C1CS[C@H]2N(C(=O)C2(NC(=O)C(O)c2ccccc2)OC)C1C(=O)O. The summed E-state index contributed by atoms with van der Waals surface area (Å²) >= 11 is 1.25. The van der Waals surface area contributed by atoms with Gasteiger partial charge in [0.1, 0.15) is 5.37 Å². The van der Waals surface area contributed by atoms with Crippen molar-refractivity contribution in [3.05, 3.63) is 48.0 Å². The molecule has 138 valence electrons. The number of nitrogens with zero attached hydrogens (tertiary/aromatic N) is 1. The van der Waals surface area contributed by atoms with Crippen molar-refractivity contribution in [1.82, 2.24) is 10.2 Å². The van der Waals surface area contributed by atoms with Crippen LogP contribution in [0.1, 0.15) is 11.7 Å². The third kappa shape index (κ3) is 2.68. The van der Waals surface area contributed by atoms with Crippen molar-refractivity contribution in [2.24, 2.45) is 0 Å². The number of carboxylic acid groups (broad SMARTS) is 1. The fourth-order valence-corrected chi connectivity index (χ4v) is 4.53. The molecule has 0 aliphatic carbocycles. The molecule has 2 aliphatic heterocycles. The second kappa shape index (κ2) is 6.75. The first-order valence-electron chi connectivity index (χ1n) is 7.78. The predicted molar refractivity (Wildman–Crippen MR) is 92.9 cm³/mol. The van der Waals surface area contributed by atoms with Crippen molar-refractivity contribution in [3.8, 4) is 0 Å². The molecule has 2 fully saturated rings. The zero-order valence-corrected chi connectivity index (χ0v) is 14.7. The number of aliphatic hydroxyl groups is 1. The van der Waals surface area contributed by atoms with Crippen molar-refractivity contribution >= 4 is 29.5 Å². The van der Waals surface area contributed by atoms with Gasteiger partial charge in [-0.1, -0.05) is 36.9 Å². The van der Waals surface area contributed by atoms with Gasteiger partial charge < -0.3 is 25.2 Å². The lowest BCUT2D eigenvalue weighted by atomic mass is 9.94. The Kier molecular flexibility index (Phi) is 4.78. The molecular formula is C17H18N2O6S. The molecule has 8 nitrogen and oxygen atoms in total. The smallest absolute Gasteiger partial charge is 0.330 e. The van der Waals surface area contributed by atoms with Gasteiger partial charge in [0.15, 0.2) is 12.1 Å². The molecule has 3 rings (SSSR count).